The zero-order valence-electron chi connectivity index (χ0n) is 11.1. The molecule has 1 rings (SSSR count). The zero-order valence-corrected chi connectivity index (χ0v) is 11.1. The topological polar surface area (TPSA) is 55.4 Å². The summed E-state index contributed by atoms with van der Waals surface area (Å²) < 4.78 is 18.2. The van der Waals surface area contributed by atoms with E-state index >= 15 is 0 Å². The SMILES string of the molecule is C=CC(=O)c1cc(F)ccc1NC(=O)OC(C)(C)C. The molecule has 4 nitrogen and oxygen atoms in total. The Morgan fingerprint density at radius 2 is 2.00 bits per heavy atom. The molecule has 0 aliphatic carbocycles. The van der Waals surface area contributed by atoms with Crippen molar-refractivity contribution in [2.75, 3.05) is 5.32 Å². The lowest BCUT2D eigenvalue weighted by Gasteiger charge is -2.20. The molecule has 0 saturated carbocycles. The zero-order chi connectivity index (χ0) is 14.6. The third-order valence-electron chi connectivity index (χ3n) is 2.07. The number of allylic oxidation sites excluding steroid dienone is 1. The summed E-state index contributed by atoms with van der Waals surface area (Å²) in [5, 5.41) is 2.41. The maximum atomic E-state index is 13.1. The van der Waals surface area contributed by atoms with E-state index in [4.69, 9.17) is 4.74 Å². The Morgan fingerprint density at radius 3 is 2.53 bits per heavy atom. The number of anilines is 1. The molecule has 1 amide bonds. The Kier molecular flexibility index (Phi) is 4.43. The first kappa shape index (κ1) is 14.9. The standard InChI is InChI=1S/C14H16FNO3/c1-5-12(17)10-8-9(15)6-7-11(10)16-13(18)19-14(2,3)4/h5-8H,1H2,2-4H3,(H,16,18). The lowest BCUT2D eigenvalue weighted by atomic mass is 10.1. The van der Waals surface area contributed by atoms with Crippen molar-refractivity contribution in [1.29, 1.82) is 0 Å². The van der Waals surface area contributed by atoms with Gasteiger partial charge in [-0.3, -0.25) is 10.1 Å². The van der Waals surface area contributed by atoms with Gasteiger partial charge in [-0.25, -0.2) is 9.18 Å². The molecule has 0 heterocycles. The Hall–Kier alpha value is -2.17. The summed E-state index contributed by atoms with van der Waals surface area (Å²) in [6.45, 7) is 8.48. The van der Waals surface area contributed by atoms with Gasteiger partial charge < -0.3 is 4.74 Å². The van der Waals surface area contributed by atoms with Crippen LogP contribution in [0.5, 0.6) is 0 Å². The number of carbonyl (C=O) groups excluding carboxylic acids is 2. The summed E-state index contributed by atoms with van der Waals surface area (Å²) in [5.74, 6) is -1.05. The third kappa shape index (κ3) is 4.54. The lowest BCUT2D eigenvalue weighted by Crippen LogP contribution is -2.27. The monoisotopic (exact) mass is 265 g/mol. The Morgan fingerprint density at radius 1 is 1.37 bits per heavy atom. The molecule has 0 saturated heterocycles. The first-order valence-corrected chi connectivity index (χ1v) is 5.69. The first-order valence-electron chi connectivity index (χ1n) is 5.69. The van der Waals surface area contributed by atoms with Gasteiger partial charge in [0.15, 0.2) is 5.78 Å². The van der Waals surface area contributed by atoms with E-state index in [1.807, 2.05) is 0 Å². The van der Waals surface area contributed by atoms with E-state index in [0.29, 0.717) is 0 Å². The minimum absolute atomic E-state index is 0.0286. The molecular weight excluding hydrogens is 249 g/mol. The largest absolute Gasteiger partial charge is 0.444 e. The number of carbonyl (C=O) groups is 2. The summed E-state index contributed by atoms with van der Waals surface area (Å²) in [6, 6.07) is 3.49. The van der Waals surface area contributed by atoms with Crippen LogP contribution >= 0.6 is 0 Å². The molecule has 0 aliphatic rings. The fraction of sp³-hybridized carbons (Fsp3) is 0.286. The van der Waals surface area contributed by atoms with Gasteiger partial charge in [0.2, 0.25) is 0 Å². The number of rotatable bonds is 3. The van der Waals surface area contributed by atoms with E-state index in [1.54, 1.807) is 20.8 Å². The van der Waals surface area contributed by atoms with Crippen molar-refractivity contribution in [1.82, 2.24) is 0 Å². The molecule has 19 heavy (non-hydrogen) atoms. The average molecular weight is 265 g/mol. The molecule has 102 valence electrons. The van der Waals surface area contributed by atoms with Gasteiger partial charge >= 0.3 is 6.09 Å². The van der Waals surface area contributed by atoms with Gasteiger partial charge in [-0.15, -0.1) is 0 Å². The Bertz CT molecular complexity index is 518. The van der Waals surface area contributed by atoms with Crippen LogP contribution in [0.15, 0.2) is 30.9 Å². The molecule has 0 fully saturated rings. The molecule has 5 heteroatoms. The predicted molar refractivity (Wildman–Crippen MR) is 70.8 cm³/mol. The van der Waals surface area contributed by atoms with E-state index in [0.717, 1.165) is 18.2 Å². The van der Waals surface area contributed by atoms with Crippen molar-refractivity contribution in [2.45, 2.75) is 26.4 Å². The van der Waals surface area contributed by atoms with E-state index < -0.39 is 23.3 Å². The molecule has 1 aromatic rings. The fourth-order valence-electron chi connectivity index (χ4n) is 1.35. The summed E-state index contributed by atoms with van der Waals surface area (Å²) in [7, 11) is 0. The van der Waals surface area contributed by atoms with Gasteiger partial charge in [0.05, 0.1) is 5.69 Å². The highest BCUT2D eigenvalue weighted by molar-refractivity contribution is 6.09. The Labute approximate surface area is 111 Å². The van der Waals surface area contributed by atoms with E-state index in [9.17, 15) is 14.0 Å². The molecule has 0 bridgehead atoms. The quantitative estimate of drug-likeness (QED) is 0.671. The molecule has 0 radical (unpaired) electrons. The summed E-state index contributed by atoms with van der Waals surface area (Å²) in [4.78, 5) is 23.2. The highest BCUT2D eigenvalue weighted by Gasteiger charge is 2.18. The minimum atomic E-state index is -0.711. The molecule has 0 aromatic heterocycles. The second-order valence-corrected chi connectivity index (χ2v) is 4.89. The van der Waals surface area contributed by atoms with Crippen LogP contribution in [0.4, 0.5) is 14.9 Å². The van der Waals surface area contributed by atoms with Crippen LogP contribution in [0.25, 0.3) is 0 Å². The van der Waals surface area contributed by atoms with Crippen LogP contribution in [-0.2, 0) is 4.74 Å². The number of benzene rings is 1. The van der Waals surface area contributed by atoms with Gasteiger partial charge in [-0.05, 0) is 45.0 Å². The van der Waals surface area contributed by atoms with Crippen LogP contribution in [-0.4, -0.2) is 17.5 Å². The van der Waals surface area contributed by atoms with Gasteiger partial charge in [0.25, 0.3) is 0 Å². The number of halogens is 1. The second kappa shape index (κ2) is 5.65. The smallest absolute Gasteiger partial charge is 0.412 e. The lowest BCUT2D eigenvalue weighted by molar-refractivity contribution is 0.0636. The number of amides is 1. The number of hydrogen-bond donors (Lipinski definition) is 1. The molecule has 0 atom stereocenters. The first-order chi connectivity index (χ1) is 8.73. The molecule has 0 unspecified atom stereocenters. The second-order valence-electron chi connectivity index (χ2n) is 4.89. The molecule has 1 N–H and O–H groups in total. The van der Waals surface area contributed by atoms with Crippen LogP contribution in [0.2, 0.25) is 0 Å². The third-order valence-corrected chi connectivity index (χ3v) is 2.07. The fourth-order valence-corrected chi connectivity index (χ4v) is 1.35. The normalized spacial score (nSPS) is 10.7. The molecule has 1 aromatic carbocycles. The van der Waals surface area contributed by atoms with E-state index in [2.05, 4.69) is 11.9 Å². The van der Waals surface area contributed by atoms with Crippen LogP contribution in [0, 0.1) is 5.82 Å². The molecule has 0 aliphatic heterocycles. The number of nitrogens with one attached hydrogen (secondary N) is 1. The van der Waals surface area contributed by atoms with Crippen molar-refractivity contribution in [3.63, 3.8) is 0 Å². The number of ether oxygens (including phenoxy) is 1. The summed E-state index contributed by atoms with van der Waals surface area (Å²) in [6.07, 6.45) is 0.340. The van der Waals surface area contributed by atoms with E-state index in [-0.39, 0.29) is 11.3 Å². The maximum absolute atomic E-state index is 13.1. The molecule has 0 spiro atoms. The predicted octanol–water partition coefficient (Wildman–Crippen LogP) is 3.54. The summed E-state index contributed by atoms with van der Waals surface area (Å²) in [5.41, 5.74) is -0.450. The van der Waals surface area contributed by atoms with Crippen molar-refractivity contribution in [3.05, 3.63) is 42.2 Å². The van der Waals surface area contributed by atoms with Gasteiger partial charge in [-0.2, -0.15) is 0 Å². The van der Waals surface area contributed by atoms with Gasteiger partial charge in [-0.1, -0.05) is 6.58 Å². The van der Waals surface area contributed by atoms with Crippen LogP contribution in [0.1, 0.15) is 31.1 Å². The van der Waals surface area contributed by atoms with Crippen molar-refractivity contribution in [3.8, 4) is 0 Å². The average Bonchev–Trinajstić information content (AvgIpc) is 2.28. The van der Waals surface area contributed by atoms with Crippen LogP contribution < -0.4 is 5.32 Å². The number of hydrogen-bond acceptors (Lipinski definition) is 3. The van der Waals surface area contributed by atoms with Gasteiger partial charge in [0, 0.05) is 5.56 Å². The highest BCUT2D eigenvalue weighted by Crippen LogP contribution is 2.19. The van der Waals surface area contributed by atoms with Crippen molar-refractivity contribution < 1.29 is 18.7 Å². The Balaban J connectivity index is 2.98. The van der Waals surface area contributed by atoms with Gasteiger partial charge in [0.1, 0.15) is 11.4 Å². The van der Waals surface area contributed by atoms with E-state index in [1.165, 1.54) is 6.07 Å². The van der Waals surface area contributed by atoms with Crippen LogP contribution in [0.3, 0.4) is 0 Å². The van der Waals surface area contributed by atoms with Crippen molar-refractivity contribution in [2.24, 2.45) is 0 Å². The number of ketones is 1. The molecular formula is C14H16FNO3. The van der Waals surface area contributed by atoms with Crippen molar-refractivity contribution >= 4 is 17.6 Å². The minimum Gasteiger partial charge on any atom is -0.444 e. The highest BCUT2D eigenvalue weighted by atomic mass is 19.1. The summed E-state index contributed by atoms with van der Waals surface area (Å²) >= 11 is 0. The maximum Gasteiger partial charge on any atom is 0.412 e.